The number of rotatable bonds is 6. The van der Waals surface area contributed by atoms with Crippen molar-refractivity contribution in [3.63, 3.8) is 0 Å². The van der Waals surface area contributed by atoms with Crippen molar-refractivity contribution in [2.24, 2.45) is 5.73 Å². The van der Waals surface area contributed by atoms with E-state index in [9.17, 15) is 9.90 Å². The lowest BCUT2D eigenvalue weighted by Gasteiger charge is -2.27. The van der Waals surface area contributed by atoms with Crippen LogP contribution < -0.4 is 5.73 Å². The second-order valence-electron chi connectivity index (χ2n) is 6.21. The number of piperidine rings is 1. The normalized spacial score (nSPS) is 13.3. The standard InChI is InChI=1S/C17H23ClN2O2S.CH3NOS/c18-15-8-6-14(7-9-15)13-20(17(22)23)12-4-5-16(21)19-10-2-1-3-11-19;2-1(3)4/h6-9H,1-5,10-13H2,(H,22,23);(H3,2,3,4). The van der Waals surface area contributed by atoms with Gasteiger partial charge in [0.15, 0.2) is 0 Å². The van der Waals surface area contributed by atoms with Crippen molar-refractivity contribution in [1.82, 2.24) is 9.80 Å². The Kier molecular flexibility index (Phi) is 11.0. The van der Waals surface area contributed by atoms with E-state index >= 15 is 0 Å². The first kappa shape index (κ1) is 23.4. The fourth-order valence-electron chi connectivity index (χ4n) is 2.78. The Balaban J connectivity index is 0.000000828. The first-order valence-corrected chi connectivity index (χ1v) is 9.97. The number of benzene rings is 1. The number of likely N-dealkylation sites (tertiary alicyclic amines) is 1. The molecule has 0 bridgehead atoms. The van der Waals surface area contributed by atoms with Crippen LogP contribution in [0.5, 0.6) is 0 Å². The van der Waals surface area contributed by atoms with Crippen LogP contribution in [0.1, 0.15) is 37.7 Å². The van der Waals surface area contributed by atoms with Crippen LogP contribution >= 0.6 is 36.0 Å². The van der Waals surface area contributed by atoms with Gasteiger partial charge in [0.1, 0.15) is 0 Å². The first-order chi connectivity index (χ1) is 12.8. The summed E-state index contributed by atoms with van der Waals surface area (Å²) in [7, 11) is 0. The zero-order valence-electron chi connectivity index (χ0n) is 15.1. The fraction of sp³-hybridized carbons (Fsp3) is 0.500. The number of thiocarbonyl (C=S) groups is 2. The van der Waals surface area contributed by atoms with Gasteiger partial charge in [0, 0.05) is 37.6 Å². The minimum atomic E-state index is -0.500. The van der Waals surface area contributed by atoms with Gasteiger partial charge in [-0.15, -0.1) is 0 Å². The highest BCUT2D eigenvalue weighted by molar-refractivity contribution is 7.80. The molecule has 2 rings (SSSR count). The van der Waals surface area contributed by atoms with Gasteiger partial charge < -0.3 is 25.7 Å². The van der Waals surface area contributed by atoms with Crippen LogP contribution in [0.2, 0.25) is 5.02 Å². The average molecular weight is 432 g/mol. The molecule has 1 fully saturated rings. The minimum absolute atomic E-state index is 0.134. The lowest BCUT2D eigenvalue weighted by atomic mass is 10.1. The topological polar surface area (TPSA) is 90.0 Å². The van der Waals surface area contributed by atoms with E-state index in [4.69, 9.17) is 28.9 Å². The number of hydrogen-bond donors (Lipinski definition) is 3. The zero-order chi connectivity index (χ0) is 20.2. The highest BCUT2D eigenvalue weighted by Crippen LogP contribution is 2.14. The second-order valence-corrected chi connectivity index (χ2v) is 7.43. The molecule has 1 saturated heterocycles. The molecule has 9 heteroatoms. The summed E-state index contributed by atoms with van der Waals surface area (Å²) in [4.78, 5) is 15.8. The lowest BCUT2D eigenvalue weighted by Crippen LogP contribution is -2.36. The number of nitrogens with two attached hydrogens (primary N) is 1. The highest BCUT2D eigenvalue weighted by Gasteiger charge is 2.17. The maximum Gasteiger partial charge on any atom is 0.257 e. The first-order valence-electron chi connectivity index (χ1n) is 8.78. The van der Waals surface area contributed by atoms with E-state index < -0.39 is 5.17 Å². The van der Waals surface area contributed by atoms with Crippen LogP contribution in [-0.4, -0.2) is 55.9 Å². The molecule has 0 aromatic heterocycles. The SMILES string of the molecule is NC(O)=S.O=C(CCCN(Cc1ccc(Cl)cc1)C(O)=S)N1CCCCC1. The smallest absolute Gasteiger partial charge is 0.257 e. The molecule has 0 saturated carbocycles. The van der Waals surface area contributed by atoms with Gasteiger partial charge in [-0.3, -0.25) is 4.79 Å². The van der Waals surface area contributed by atoms with Gasteiger partial charge in [-0.25, -0.2) is 0 Å². The van der Waals surface area contributed by atoms with Gasteiger partial charge in [0.2, 0.25) is 5.91 Å². The van der Waals surface area contributed by atoms with Crippen LogP contribution in [0.15, 0.2) is 24.3 Å². The van der Waals surface area contributed by atoms with Crippen molar-refractivity contribution < 1.29 is 15.0 Å². The van der Waals surface area contributed by atoms with Crippen molar-refractivity contribution in [3.05, 3.63) is 34.9 Å². The molecule has 0 atom stereocenters. The van der Waals surface area contributed by atoms with Crippen LogP contribution in [0.25, 0.3) is 0 Å². The van der Waals surface area contributed by atoms with Crippen molar-refractivity contribution >= 4 is 52.3 Å². The molecule has 1 aromatic carbocycles. The lowest BCUT2D eigenvalue weighted by molar-refractivity contribution is -0.132. The number of halogens is 1. The summed E-state index contributed by atoms with van der Waals surface area (Å²) >= 11 is 14.6. The molecule has 1 aliphatic rings. The maximum atomic E-state index is 12.1. The third kappa shape index (κ3) is 10.3. The van der Waals surface area contributed by atoms with Crippen molar-refractivity contribution in [3.8, 4) is 0 Å². The molecule has 6 nitrogen and oxygen atoms in total. The third-order valence-electron chi connectivity index (χ3n) is 4.08. The van der Waals surface area contributed by atoms with Gasteiger partial charge in [0.25, 0.3) is 10.3 Å². The molecule has 150 valence electrons. The molecule has 1 aromatic rings. The zero-order valence-corrected chi connectivity index (χ0v) is 17.5. The monoisotopic (exact) mass is 431 g/mol. The Bertz CT molecular complexity index is 619. The molecule has 4 N–H and O–H groups in total. The van der Waals surface area contributed by atoms with Crippen LogP contribution in [0.4, 0.5) is 0 Å². The predicted molar refractivity (Wildman–Crippen MR) is 116 cm³/mol. The molecular formula is C18H26ClN3O3S2. The number of nitrogens with zero attached hydrogens (tertiary/aromatic N) is 2. The Hall–Kier alpha value is -1.64. The summed E-state index contributed by atoms with van der Waals surface area (Å²) in [5.41, 5.74) is 5.42. The number of hydrogen-bond acceptors (Lipinski definition) is 3. The third-order valence-corrected chi connectivity index (χ3v) is 4.59. The van der Waals surface area contributed by atoms with E-state index in [1.807, 2.05) is 29.2 Å². The van der Waals surface area contributed by atoms with E-state index in [-0.39, 0.29) is 11.1 Å². The van der Waals surface area contributed by atoms with E-state index in [0.29, 0.717) is 31.0 Å². The highest BCUT2D eigenvalue weighted by atomic mass is 35.5. The molecule has 0 radical (unpaired) electrons. The molecule has 0 aliphatic carbocycles. The molecule has 0 unspecified atom stereocenters. The molecular weight excluding hydrogens is 406 g/mol. The Morgan fingerprint density at radius 1 is 1.15 bits per heavy atom. The molecule has 1 aliphatic heterocycles. The van der Waals surface area contributed by atoms with E-state index in [2.05, 4.69) is 18.0 Å². The summed E-state index contributed by atoms with van der Waals surface area (Å²) < 4.78 is 0. The van der Waals surface area contributed by atoms with Gasteiger partial charge in [-0.05, 0) is 67.8 Å². The Morgan fingerprint density at radius 2 is 1.70 bits per heavy atom. The summed E-state index contributed by atoms with van der Waals surface area (Å²) in [6, 6.07) is 7.45. The number of aliphatic hydroxyl groups excluding tert-OH is 2. The van der Waals surface area contributed by atoms with Crippen LogP contribution in [0.3, 0.4) is 0 Å². The minimum Gasteiger partial charge on any atom is -0.487 e. The summed E-state index contributed by atoms with van der Waals surface area (Å²) in [6.45, 7) is 2.85. The fourth-order valence-corrected chi connectivity index (χ4v) is 3.06. The largest absolute Gasteiger partial charge is 0.487 e. The van der Waals surface area contributed by atoms with Crippen molar-refractivity contribution in [2.45, 2.75) is 38.6 Å². The quantitative estimate of drug-likeness (QED) is 0.593. The second kappa shape index (κ2) is 12.7. The summed E-state index contributed by atoms with van der Waals surface area (Å²) in [6.07, 6.45) is 4.62. The van der Waals surface area contributed by atoms with Gasteiger partial charge in [-0.1, -0.05) is 23.7 Å². The van der Waals surface area contributed by atoms with E-state index in [1.54, 1.807) is 4.90 Å². The van der Waals surface area contributed by atoms with Gasteiger partial charge >= 0.3 is 0 Å². The maximum absolute atomic E-state index is 12.1. The summed E-state index contributed by atoms with van der Waals surface area (Å²) in [5.74, 6) is 0.208. The van der Waals surface area contributed by atoms with Crippen LogP contribution in [-0.2, 0) is 11.3 Å². The average Bonchev–Trinajstić information content (AvgIpc) is 2.62. The van der Waals surface area contributed by atoms with Gasteiger partial charge in [0.05, 0.1) is 0 Å². The number of carbonyl (C=O) groups is 1. The number of amides is 1. The Labute approximate surface area is 175 Å². The molecule has 0 spiro atoms. The molecule has 27 heavy (non-hydrogen) atoms. The van der Waals surface area contributed by atoms with Crippen LogP contribution in [0, 0.1) is 0 Å². The van der Waals surface area contributed by atoms with Crippen molar-refractivity contribution in [1.29, 1.82) is 0 Å². The summed E-state index contributed by atoms with van der Waals surface area (Å²) in [5, 5.41) is 17.3. The van der Waals surface area contributed by atoms with Crippen molar-refractivity contribution in [2.75, 3.05) is 19.6 Å². The number of carbonyl (C=O) groups excluding carboxylic acids is 1. The molecule has 1 amide bonds. The predicted octanol–water partition coefficient (Wildman–Crippen LogP) is 3.57. The van der Waals surface area contributed by atoms with E-state index in [0.717, 1.165) is 31.5 Å². The Morgan fingerprint density at radius 3 is 2.22 bits per heavy atom. The van der Waals surface area contributed by atoms with Gasteiger partial charge in [-0.2, -0.15) is 0 Å². The number of aliphatic hydroxyl groups is 2. The molecule has 1 heterocycles. The van der Waals surface area contributed by atoms with E-state index in [1.165, 1.54) is 6.42 Å².